The SMILES string of the molecule is CCCCN(C)CCCC.CCCCN(CC)CCCC. The van der Waals surface area contributed by atoms with Gasteiger partial charge in [0.25, 0.3) is 0 Å². The fraction of sp³-hybridized carbons (Fsp3) is 1.00. The molecule has 0 spiro atoms. The third-order valence-corrected chi connectivity index (χ3v) is 3.89. The van der Waals surface area contributed by atoms with Crippen molar-refractivity contribution >= 4 is 0 Å². The van der Waals surface area contributed by atoms with Gasteiger partial charge in [0, 0.05) is 0 Å². The van der Waals surface area contributed by atoms with Gasteiger partial charge in [-0.25, -0.2) is 0 Å². The highest BCUT2D eigenvalue weighted by atomic mass is 15.1. The van der Waals surface area contributed by atoms with Crippen molar-refractivity contribution in [3.63, 3.8) is 0 Å². The molecular weight excluding hydrogens is 256 g/mol. The van der Waals surface area contributed by atoms with Crippen molar-refractivity contribution in [3.8, 4) is 0 Å². The van der Waals surface area contributed by atoms with E-state index >= 15 is 0 Å². The second kappa shape index (κ2) is 19.9. The largest absolute Gasteiger partial charge is 0.306 e. The third kappa shape index (κ3) is 19.9. The van der Waals surface area contributed by atoms with Crippen molar-refractivity contribution in [2.24, 2.45) is 0 Å². The molecule has 0 unspecified atom stereocenters. The lowest BCUT2D eigenvalue weighted by atomic mass is 10.2. The van der Waals surface area contributed by atoms with Gasteiger partial charge < -0.3 is 9.80 Å². The van der Waals surface area contributed by atoms with Crippen molar-refractivity contribution in [2.75, 3.05) is 39.8 Å². The van der Waals surface area contributed by atoms with E-state index in [1.807, 2.05) is 0 Å². The lowest BCUT2D eigenvalue weighted by molar-refractivity contribution is 0.279. The first-order valence-corrected chi connectivity index (χ1v) is 9.56. The number of hydrogen-bond acceptors (Lipinski definition) is 2. The molecule has 0 aliphatic carbocycles. The number of nitrogens with zero attached hydrogens (tertiary/aromatic N) is 2. The molecule has 0 aromatic heterocycles. The Morgan fingerprint density at radius 1 is 0.524 bits per heavy atom. The van der Waals surface area contributed by atoms with Crippen LogP contribution in [0.15, 0.2) is 0 Å². The van der Waals surface area contributed by atoms with Gasteiger partial charge in [-0.1, -0.05) is 60.3 Å². The highest BCUT2D eigenvalue weighted by Crippen LogP contribution is 1.97. The molecule has 0 aliphatic rings. The molecule has 2 nitrogen and oxygen atoms in total. The summed E-state index contributed by atoms with van der Waals surface area (Å²) in [6, 6.07) is 0. The Balaban J connectivity index is 0. The number of unbranched alkanes of at least 4 members (excludes halogenated alkanes) is 4. The first-order chi connectivity index (χ1) is 10.2. The van der Waals surface area contributed by atoms with Gasteiger partial charge in [0.05, 0.1) is 0 Å². The summed E-state index contributed by atoms with van der Waals surface area (Å²) >= 11 is 0. The molecule has 0 saturated carbocycles. The molecule has 0 saturated heterocycles. The zero-order valence-corrected chi connectivity index (χ0v) is 16.1. The van der Waals surface area contributed by atoms with Crippen LogP contribution >= 0.6 is 0 Å². The Bertz CT molecular complexity index is 155. The molecule has 21 heavy (non-hydrogen) atoms. The minimum absolute atomic E-state index is 1.22. The Morgan fingerprint density at radius 3 is 1.14 bits per heavy atom. The maximum Gasteiger partial charge on any atom is -0.00190 e. The summed E-state index contributed by atoms with van der Waals surface area (Å²) in [7, 11) is 2.21. The monoisotopic (exact) mass is 300 g/mol. The van der Waals surface area contributed by atoms with Gasteiger partial charge in [-0.15, -0.1) is 0 Å². The van der Waals surface area contributed by atoms with Crippen molar-refractivity contribution in [1.29, 1.82) is 0 Å². The van der Waals surface area contributed by atoms with E-state index in [1.54, 1.807) is 0 Å². The van der Waals surface area contributed by atoms with Crippen LogP contribution in [0.1, 0.15) is 86.0 Å². The fourth-order valence-electron chi connectivity index (χ4n) is 2.16. The lowest BCUT2D eigenvalue weighted by Crippen LogP contribution is -2.25. The van der Waals surface area contributed by atoms with Crippen LogP contribution in [0.3, 0.4) is 0 Å². The Labute approximate surface area is 136 Å². The average Bonchev–Trinajstić information content (AvgIpc) is 2.51. The van der Waals surface area contributed by atoms with Gasteiger partial charge in [-0.3, -0.25) is 0 Å². The average molecular weight is 301 g/mol. The predicted molar refractivity (Wildman–Crippen MR) is 99.2 cm³/mol. The summed E-state index contributed by atoms with van der Waals surface area (Å²) in [4.78, 5) is 4.97. The minimum atomic E-state index is 1.22. The second-order valence-corrected chi connectivity index (χ2v) is 6.15. The summed E-state index contributed by atoms with van der Waals surface area (Å²) < 4.78 is 0. The summed E-state index contributed by atoms with van der Waals surface area (Å²) in [6.45, 7) is 17.6. The maximum absolute atomic E-state index is 2.55. The van der Waals surface area contributed by atoms with E-state index in [0.29, 0.717) is 0 Å². The fourth-order valence-corrected chi connectivity index (χ4v) is 2.16. The molecule has 0 aromatic carbocycles. The van der Waals surface area contributed by atoms with E-state index in [4.69, 9.17) is 0 Å². The van der Waals surface area contributed by atoms with Crippen LogP contribution in [0.25, 0.3) is 0 Å². The molecule has 0 N–H and O–H groups in total. The lowest BCUT2D eigenvalue weighted by Gasteiger charge is -2.19. The van der Waals surface area contributed by atoms with Gasteiger partial charge in [-0.05, 0) is 65.5 Å². The quantitative estimate of drug-likeness (QED) is 0.447. The summed E-state index contributed by atoms with van der Waals surface area (Å²) in [6.07, 6.45) is 10.7. The van der Waals surface area contributed by atoms with E-state index in [-0.39, 0.29) is 0 Å². The zero-order chi connectivity index (χ0) is 16.3. The van der Waals surface area contributed by atoms with E-state index in [2.05, 4.69) is 51.5 Å². The second-order valence-electron chi connectivity index (χ2n) is 6.15. The van der Waals surface area contributed by atoms with Crippen LogP contribution in [0, 0.1) is 0 Å². The Hall–Kier alpha value is -0.0800. The predicted octanol–water partition coefficient (Wildman–Crippen LogP) is 5.43. The molecule has 0 aliphatic heterocycles. The highest BCUT2D eigenvalue weighted by molar-refractivity contribution is 4.54. The molecule has 2 heteroatoms. The molecule has 0 bridgehead atoms. The molecule has 0 heterocycles. The van der Waals surface area contributed by atoms with Crippen LogP contribution in [0.5, 0.6) is 0 Å². The maximum atomic E-state index is 2.55. The van der Waals surface area contributed by atoms with Crippen LogP contribution in [0.4, 0.5) is 0 Å². The first kappa shape index (κ1) is 23.2. The van der Waals surface area contributed by atoms with E-state index < -0.39 is 0 Å². The Morgan fingerprint density at radius 2 is 0.857 bits per heavy atom. The third-order valence-electron chi connectivity index (χ3n) is 3.89. The van der Waals surface area contributed by atoms with Crippen molar-refractivity contribution in [2.45, 2.75) is 86.0 Å². The van der Waals surface area contributed by atoms with Crippen molar-refractivity contribution in [3.05, 3.63) is 0 Å². The normalized spacial score (nSPS) is 10.9. The van der Waals surface area contributed by atoms with Gasteiger partial charge >= 0.3 is 0 Å². The van der Waals surface area contributed by atoms with Gasteiger partial charge in [0.1, 0.15) is 0 Å². The zero-order valence-electron chi connectivity index (χ0n) is 16.1. The molecular formula is C19H44N2. The van der Waals surface area contributed by atoms with Crippen LogP contribution in [0.2, 0.25) is 0 Å². The molecule has 0 rings (SSSR count). The van der Waals surface area contributed by atoms with Crippen LogP contribution in [-0.2, 0) is 0 Å². The first-order valence-electron chi connectivity index (χ1n) is 9.56. The highest BCUT2D eigenvalue weighted by Gasteiger charge is 1.98. The van der Waals surface area contributed by atoms with E-state index in [1.165, 1.54) is 84.1 Å². The number of hydrogen-bond donors (Lipinski definition) is 0. The van der Waals surface area contributed by atoms with Crippen LogP contribution < -0.4 is 0 Å². The molecule has 130 valence electrons. The summed E-state index contributed by atoms with van der Waals surface area (Å²) in [5, 5.41) is 0. The van der Waals surface area contributed by atoms with Gasteiger partial charge in [0.2, 0.25) is 0 Å². The minimum Gasteiger partial charge on any atom is -0.306 e. The topological polar surface area (TPSA) is 6.48 Å². The molecule has 0 amide bonds. The van der Waals surface area contributed by atoms with Crippen molar-refractivity contribution < 1.29 is 0 Å². The summed E-state index contributed by atoms with van der Waals surface area (Å²) in [5.41, 5.74) is 0. The molecule has 0 radical (unpaired) electrons. The molecule has 0 aromatic rings. The van der Waals surface area contributed by atoms with E-state index in [0.717, 1.165) is 0 Å². The molecule has 0 atom stereocenters. The Kier molecular flexibility index (Phi) is 22.0. The van der Waals surface area contributed by atoms with Gasteiger partial charge in [0.15, 0.2) is 0 Å². The molecule has 0 fully saturated rings. The standard InChI is InChI=1S/C10H23N.C9H21N/c1-4-7-9-11(6-3)10-8-5-2;1-4-6-8-10(3)9-7-5-2/h4-10H2,1-3H3;4-9H2,1-3H3. The van der Waals surface area contributed by atoms with Crippen LogP contribution in [-0.4, -0.2) is 49.6 Å². The summed E-state index contributed by atoms with van der Waals surface area (Å²) in [5.74, 6) is 0. The van der Waals surface area contributed by atoms with E-state index in [9.17, 15) is 0 Å². The van der Waals surface area contributed by atoms with Crippen molar-refractivity contribution in [1.82, 2.24) is 9.80 Å². The van der Waals surface area contributed by atoms with Gasteiger partial charge in [-0.2, -0.15) is 0 Å². The number of rotatable bonds is 13. The smallest absolute Gasteiger partial charge is 0.00190 e.